The van der Waals surface area contributed by atoms with Crippen molar-refractivity contribution >= 4 is 23.4 Å². The second-order valence-corrected chi connectivity index (χ2v) is 5.22. The molecule has 0 unspecified atom stereocenters. The first-order chi connectivity index (χ1) is 8.19. The van der Waals surface area contributed by atoms with E-state index in [0.29, 0.717) is 5.56 Å². The quantitative estimate of drug-likeness (QED) is 0.782. The summed E-state index contributed by atoms with van der Waals surface area (Å²) in [7, 11) is 0. The maximum absolute atomic E-state index is 9.08. The predicted molar refractivity (Wildman–Crippen MR) is 71.5 cm³/mol. The van der Waals surface area contributed by atoms with Crippen LogP contribution in [-0.4, -0.2) is 0 Å². The third-order valence-corrected chi connectivity index (χ3v) is 3.63. The SMILES string of the molecule is Cc1ccc(Sc2ccc(Cl)cc2)c(C#N)c1. The number of aryl methyl sites for hydroxylation is 1. The van der Waals surface area contributed by atoms with E-state index in [9.17, 15) is 0 Å². The van der Waals surface area contributed by atoms with E-state index in [1.165, 1.54) is 0 Å². The van der Waals surface area contributed by atoms with Gasteiger partial charge in [0.1, 0.15) is 6.07 Å². The molecule has 17 heavy (non-hydrogen) atoms. The van der Waals surface area contributed by atoms with E-state index in [-0.39, 0.29) is 0 Å². The van der Waals surface area contributed by atoms with Crippen LogP contribution in [0.4, 0.5) is 0 Å². The highest BCUT2D eigenvalue weighted by atomic mass is 35.5. The number of nitriles is 1. The minimum atomic E-state index is 0.713. The second-order valence-electron chi connectivity index (χ2n) is 3.67. The molecule has 2 aromatic carbocycles. The van der Waals surface area contributed by atoms with Crippen molar-refractivity contribution in [2.24, 2.45) is 0 Å². The Kier molecular flexibility index (Phi) is 3.73. The van der Waals surface area contributed by atoms with Gasteiger partial charge >= 0.3 is 0 Å². The lowest BCUT2D eigenvalue weighted by Gasteiger charge is -2.04. The number of hydrogen-bond acceptors (Lipinski definition) is 2. The molecule has 0 saturated heterocycles. The molecule has 3 heteroatoms. The highest BCUT2D eigenvalue weighted by Gasteiger charge is 2.04. The zero-order valence-corrected chi connectivity index (χ0v) is 10.8. The molecule has 0 aliphatic carbocycles. The van der Waals surface area contributed by atoms with Crippen molar-refractivity contribution in [3.63, 3.8) is 0 Å². The van der Waals surface area contributed by atoms with Crippen LogP contribution in [0.5, 0.6) is 0 Å². The van der Waals surface area contributed by atoms with Gasteiger partial charge in [0, 0.05) is 14.8 Å². The average molecular weight is 260 g/mol. The van der Waals surface area contributed by atoms with Crippen LogP contribution in [0.25, 0.3) is 0 Å². The van der Waals surface area contributed by atoms with Crippen LogP contribution in [-0.2, 0) is 0 Å². The summed E-state index contributed by atoms with van der Waals surface area (Å²) < 4.78 is 0. The molecular weight excluding hydrogens is 250 g/mol. The third kappa shape index (κ3) is 3.03. The molecule has 0 spiro atoms. The summed E-state index contributed by atoms with van der Waals surface area (Å²) in [6, 6.07) is 15.7. The topological polar surface area (TPSA) is 23.8 Å². The number of nitrogens with zero attached hydrogens (tertiary/aromatic N) is 1. The van der Waals surface area contributed by atoms with Gasteiger partial charge in [-0.2, -0.15) is 5.26 Å². The zero-order valence-electron chi connectivity index (χ0n) is 9.27. The molecule has 0 aromatic heterocycles. The molecule has 2 aromatic rings. The average Bonchev–Trinajstić information content (AvgIpc) is 2.34. The van der Waals surface area contributed by atoms with Gasteiger partial charge in [0.2, 0.25) is 0 Å². The lowest BCUT2D eigenvalue weighted by Crippen LogP contribution is -1.83. The molecular formula is C14H10ClNS. The van der Waals surface area contributed by atoms with Crippen molar-refractivity contribution in [1.29, 1.82) is 5.26 Å². The van der Waals surface area contributed by atoms with Crippen LogP contribution in [0.1, 0.15) is 11.1 Å². The van der Waals surface area contributed by atoms with Crippen molar-refractivity contribution < 1.29 is 0 Å². The minimum Gasteiger partial charge on any atom is -0.192 e. The van der Waals surface area contributed by atoms with Gasteiger partial charge in [-0.15, -0.1) is 0 Å². The van der Waals surface area contributed by atoms with Crippen molar-refractivity contribution in [2.75, 3.05) is 0 Å². The first-order valence-electron chi connectivity index (χ1n) is 5.13. The summed E-state index contributed by atoms with van der Waals surface area (Å²) in [5.41, 5.74) is 1.81. The Morgan fingerprint density at radius 3 is 2.47 bits per heavy atom. The second kappa shape index (κ2) is 5.27. The fourth-order valence-electron chi connectivity index (χ4n) is 1.45. The summed E-state index contributed by atoms with van der Waals surface area (Å²) in [5, 5.41) is 9.80. The Morgan fingerprint density at radius 1 is 1.12 bits per heavy atom. The van der Waals surface area contributed by atoms with Crippen LogP contribution in [0, 0.1) is 18.3 Å². The monoisotopic (exact) mass is 259 g/mol. The van der Waals surface area contributed by atoms with E-state index in [4.69, 9.17) is 16.9 Å². The Labute approximate surface area is 110 Å². The van der Waals surface area contributed by atoms with Gasteiger partial charge < -0.3 is 0 Å². The molecule has 0 bridgehead atoms. The molecule has 0 fully saturated rings. The van der Waals surface area contributed by atoms with Crippen molar-refractivity contribution in [3.05, 3.63) is 58.6 Å². The zero-order chi connectivity index (χ0) is 12.3. The van der Waals surface area contributed by atoms with Gasteiger partial charge in [0.15, 0.2) is 0 Å². The lowest BCUT2D eigenvalue weighted by molar-refractivity contribution is 1.31. The summed E-state index contributed by atoms with van der Waals surface area (Å²) in [6.45, 7) is 1.98. The first kappa shape index (κ1) is 12.0. The minimum absolute atomic E-state index is 0.713. The van der Waals surface area contributed by atoms with E-state index in [1.807, 2.05) is 49.4 Å². The molecule has 0 radical (unpaired) electrons. The number of rotatable bonds is 2. The molecule has 0 atom stereocenters. The summed E-state index contributed by atoms with van der Waals surface area (Å²) in [5.74, 6) is 0. The predicted octanol–water partition coefficient (Wildman–Crippen LogP) is 4.67. The summed E-state index contributed by atoms with van der Waals surface area (Å²) in [4.78, 5) is 2.05. The van der Waals surface area contributed by atoms with Gasteiger partial charge in [0.05, 0.1) is 5.56 Å². The van der Waals surface area contributed by atoms with Crippen LogP contribution in [0.2, 0.25) is 5.02 Å². The number of halogens is 1. The van der Waals surface area contributed by atoms with Crippen molar-refractivity contribution in [1.82, 2.24) is 0 Å². The lowest BCUT2D eigenvalue weighted by atomic mass is 10.2. The van der Waals surface area contributed by atoms with Crippen molar-refractivity contribution in [2.45, 2.75) is 16.7 Å². The largest absolute Gasteiger partial charge is 0.192 e. The molecule has 0 N–H and O–H groups in total. The van der Waals surface area contributed by atoms with E-state index in [1.54, 1.807) is 11.8 Å². The van der Waals surface area contributed by atoms with E-state index in [0.717, 1.165) is 20.4 Å². The van der Waals surface area contributed by atoms with Gasteiger partial charge in [-0.05, 0) is 48.9 Å². The molecule has 0 saturated carbocycles. The van der Waals surface area contributed by atoms with Crippen LogP contribution in [0.15, 0.2) is 52.3 Å². The van der Waals surface area contributed by atoms with E-state index in [2.05, 4.69) is 6.07 Å². The van der Waals surface area contributed by atoms with Gasteiger partial charge in [-0.25, -0.2) is 0 Å². The first-order valence-corrected chi connectivity index (χ1v) is 6.32. The maximum atomic E-state index is 9.08. The highest BCUT2D eigenvalue weighted by molar-refractivity contribution is 7.99. The Balaban J connectivity index is 2.30. The van der Waals surface area contributed by atoms with Crippen molar-refractivity contribution in [3.8, 4) is 6.07 Å². The molecule has 0 heterocycles. The molecule has 0 amide bonds. The Morgan fingerprint density at radius 2 is 1.82 bits per heavy atom. The third-order valence-electron chi connectivity index (χ3n) is 2.30. The Hall–Kier alpha value is -1.43. The highest BCUT2D eigenvalue weighted by Crippen LogP contribution is 2.31. The number of benzene rings is 2. The smallest absolute Gasteiger partial charge is 0.100 e. The van der Waals surface area contributed by atoms with Crippen LogP contribution >= 0.6 is 23.4 Å². The van der Waals surface area contributed by atoms with Crippen LogP contribution < -0.4 is 0 Å². The van der Waals surface area contributed by atoms with E-state index >= 15 is 0 Å². The molecule has 0 aliphatic rings. The normalized spacial score (nSPS) is 9.94. The van der Waals surface area contributed by atoms with Crippen LogP contribution in [0.3, 0.4) is 0 Å². The summed E-state index contributed by atoms with van der Waals surface area (Å²) in [6.07, 6.45) is 0. The van der Waals surface area contributed by atoms with Gasteiger partial charge in [-0.1, -0.05) is 29.4 Å². The fraction of sp³-hybridized carbons (Fsp3) is 0.0714. The standard InChI is InChI=1S/C14H10ClNS/c1-10-2-7-14(11(8-10)9-16)17-13-5-3-12(15)4-6-13/h2-8H,1H3. The van der Waals surface area contributed by atoms with Gasteiger partial charge in [0.25, 0.3) is 0 Å². The maximum Gasteiger partial charge on any atom is 0.100 e. The number of hydrogen-bond donors (Lipinski definition) is 0. The fourth-order valence-corrected chi connectivity index (χ4v) is 2.45. The molecule has 84 valence electrons. The Bertz CT molecular complexity index is 570. The van der Waals surface area contributed by atoms with Gasteiger partial charge in [-0.3, -0.25) is 0 Å². The molecule has 2 rings (SSSR count). The van der Waals surface area contributed by atoms with E-state index < -0.39 is 0 Å². The summed E-state index contributed by atoms with van der Waals surface area (Å²) >= 11 is 7.41. The molecule has 1 nitrogen and oxygen atoms in total. The molecule has 0 aliphatic heterocycles.